The molecule has 69 heavy (non-hydrogen) atoms. The van der Waals surface area contributed by atoms with Crippen LogP contribution in [0.5, 0.6) is 0 Å². The molecule has 0 saturated carbocycles. The zero-order valence-corrected chi connectivity index (χ0v) is 40.7. The lowest BCUT2D eigenvalue weighted by atomic mass is 9.97. The van der Waals surface area contributed by atoms with Gasteiger partial charge in [-0.1, -0.05) is 101 Å². The van der Waals surface area contributed by atoms with Gasteiger partial charge in [-0.25, -0.2) is 4.79 Å². The standard InChI is InChI=1S/C48H69N3O18/c1-8-9-10-11-12-13-14-15-16-17-18-19-23-26-38(67-46(58)36-24-21-20-22-25-36)37(50-51-49)27-60-47-44(65-34(6)56)42(63-32(4)54)40(29-61-47)69-48-45(66-35(7)57)43(64-33(5)55)41(62-31(3)53)39(68-48)28-59-30(2)52/h20-26,37-45,47-48H,8-19,27-29H2,1-7H3/b26-23+/t37-,38+,39+,40+,41-,42-,43-,44+,45+,47+,48-/m0/s1. The van der Waals surface area contributed by atoms with E-state index in [9.17, 15) is 39.1 Å². The van der Waals surface area contributed by atoms with E-state index in [4.69, 9.17) is 52.1 Å². The zero-order valence-electron chi connectivity index (χ0n) is 40.7. The molecule has 0 spiro atoms. The third-order valence-electron chi connectivity index (χ3n) is 10.8. The van der Waals surface area contributed by atoms with Crippen LogP contribution in [0.1, 0.15) is 136 Å². The van der Waals surface area contributed by atoms with Gasteiger partial charge < -0.3 is 52.1 Å². The average molecular weight is 976 g/mol. The molecule has 1 aromatic carbocycles. The number of unbranched alkanes of at least 4 members (excludes halogenated alkanes) is 11. The minimum atomic E-state index is -1.74. The summed E-state index contributed by atoms with van der Waals surface area (Å²) in [7, 11) is 0. The first-order valence-corrected chi connectivity index (χ1v) is 23.5. The molecule has 2 aliphatic rings. The normalized spacial score (nSPS) is 24.1. The summed E-state index contributed by atoms with van der Waals surface area (Å²) in [6, 6.07) is 7.03. The molecule has 2 saturated heterocycles. The summed E-state index contributed by atoms with van der Waals surface area (Å²) < 4.78 is 63.2. The number of carbonyl (C=O) groups is 7. The molecular formula is C48H69N3O18. The van der Waals surface area contributed by atoms with Gasteiger partial charge in [0, 0.05) is 46.5 Å². The van der Waals surface area contributed by atoms with Crippen LogP contribution in [0.4, 0.5) is 0 Å². The van der Waals surface area contributed by atoms with Gasteiger partial charge in [0.25, 0.3) is 0 Å². The first-order valence-electron chi connectivity index (χ1n) is 23.5. The van der Waals surface area contributed by atoms with Crippen molar-refractivity contribution >= 4 is 41.8 Å². The number of hydrogen-bond acceptors (Lipinski definition) is 19. The van der Waals surface area contributed by atoms with Crippen molar-refractivity contribution in [3.8, 4) is 0 Å². The maximum absolute atomic E-state index is 13.3. The number of rotatable bonds is 29. The Labute approximate surface area is 403 Å². The molecular weight excluding hydrogens is 907 g/mol. The van der Waals surface area contributed by atoms with Gasteiger partial charge in [0.05, 0.1) is 18.8 Å². The Kier molecular flexibility index (Phi) is 26.4. The minimum Gasteiger partial charge on any atom is -0.463 e. The fraction of sp³-hybridized carbons (Fsp3) is 0.688. The van der Waals surface area contributed by atoms with Gasteiger partial charge in [-0.3, -0.25) is 28.8 Å². The molecule has 2 heterocycles. The summed E-state index contributed by atoms with van der Waals surface area (Å²) in [4.78, 5) is 90.6. The van der Waals surface area contributed by atoms with Crippen LogP contribution in [0.3, 0.4) is 0 Å². The van der Waals surface area contributed by atoms with E-state index in [0.29, 0.717) is 6.42 Å². The molecule has 0 aliphatic carbocycles. The third kappa shape index (κ3) is 21.3. The quantitative estimate of drug-likeness (QED) is 0.0151. The molecule has 3 rings (SSSR count). The predicted molar refractivity (Wildman–Crippen MR) is 242 cm³/mol. The van der Waals surface area contributed by atoms with Crippen molar-refractivity contribution in [3.05, 3.63) is 58.5 Å². The maximum atomic E-state index is 13.3. The van der Waals surface area contributed by atoms with Gasteiger partial charge in [-0.15, -0.1) is 0 Å². The molecule has 0 bridgehead atoms. The first-order chi connectivity index (χ1) is 33.0. The van der Waals surface area contributed by atoms with Crippen molar-refractivity contribution in [2.24, 2.45) is 5.11 Å². The summed E-state index contributed by atoms with van der Waals surface area (Å²) in [5.74, 6) is -5.80. The van der Waals surface area contributed by atoms with Gasteiger partial charge in [0.2, 0.25) is 0 Å². The summed E-state index contributed by atoms with van der Waals surface area (Å²) >= 11 is 0. The molecule has 1 aromatic rings. The molecule has 0 unspecified atom stereocenters. The molecule has 0 aromatic heterocycles. The SMILES string of the molecule is CCCCCCCCCCCCC/C=C/[C@@H](OC(=O)c1ccccc1)[C@H](CO[C@@H]1OC[C@@H](O[C@@H]2O[C@H](COC(C)=O)[C@H](OC(C)=O)[C@H](OC(C)=O)[C@H]2OC(C)=O)[C@H](OC(C)=O)[C@H]1OC(C)=O)N=[N+]=[N-]. The molecule has 2 fully saturated rings. The van der Waals surface area contributed by atoms with Crippen LogP contribution in [-0.2, 0) is 80.9 Å². The molecule has 11 atom stereocenters. The van der Waals surface area contributed by atoms with E-state index in [0.717, 1.165) is 67.2 Å². The summed E-state index contributed by atoms with van der Waals surface area (Å²) in [6.45, 7) is 7.12. The number of allylic oxidation sites excluding steroid dienone is 1. The van der Waals surface area contributed by atoms with E-state index in [1.807, 2.05) is 6.08 Å². The van der Waals surface area contributed by atoms with E-state index in [-0.39, 0.29) is 5.56 Å². The second-order valence-corrected chi connectivity index (χ2v) is 16.7. The average Bonchev–Trinajstić information content (AvgIpc) is 3.28. The van der Waals surface area contributed by atoms with Crippen LogP contribution >= 0.6 is 0 Å². The molecule has 384 valence electrons. The smallest absolute Gasteiger partial charge is 0.338 e. The molecule has 21 heteroatoms. The van der Waals surface area contributed by atoms with Gasteiger partial charge >= 0.3 is 41.8 Å². The molecule has 21 nitrogen and oxygen atoms in total. The molecule has 2 aliphatic heterocycles. The monoisotopic (exact) mass is 975 g/mol. The molecule has 0 amide bonds. The predicted octanol–water partition coefficient (Wildman–Crippen LogP) is 6.85. The minimum absolute atomic E-state index is 0.249. The second kappa shape index (κ2) is 31.5. The number of carbonyl (C=O) groups excluding carboxylic acids is 7. The van der Waals surface area contributed by atoms with Crippen molar-refractivity contribution in [2.75, 3.05) is 19.8 Å². The Bertz CT molecular complexity index is 1880. The second-order valence-electron chi connectivity index (χ2n) is 16.7. The van der Waals surface area contributed by atoms with E-state index < -0.39 is 129 Å². The van der Waals surface area contributed by atoms with Gasteiger partial charge in [0.15, 0.2) is 43.1 Å². The topological polar surface area (TPSA) is 270 Å². The lowest BCUT2D eigenvalue weighted by Crippen LogP contribution is -2.65. The van der Waals surface area contributed by atoms with Gasteiger partial charge in [-0.05, 0) is 36.6 Å². The van der Waals surface area contributed by atoms with Crippen molar-refractivity contribution in [3.63, 3.8) is 0 Å². The number of azide groups is 1. The highest BCUT2D eigenvalue weighted by molar-refractivity contribution is 5.89. The lowest BCUT2D eigenvalue weighted by molar-refractivity contribution is -0.346. The zero-order chi connectivity index (χ0) is 50.7. The highest BCUT2D eigenvalue weighted by Gasteiger charge is 2.55. The Morgan fingerprint density at radius 3 is 1.75 bits per heavy atom. The van der Waals surface area contributed by atoms with Crippen molar-refractivity contribution in [2.45, 2.75) is 193 Å². The lowest BCUT2D eigenvalue weighted by Gasteiger charge is -2.47. The number of nitrogens with zero attached hydrogens (tertiary/aromatic N) is 3. The maximum Gasteiger partial charge on any atom is 0.338 e. The largest absolute Gasteiger partial charge is 0.463 e. The third-order valence-corrected chi connectivity index (χ3v) is 10.8. The van der Waals surface area contributed by atoms with Crippen molar-refractivity contribution in [1.29, 1.82) is 0 Å². The highest BCUT2D eigenvalue weighted by atomic mass is 16.8. The van der Waals surface area contributed by atoms with E-state index >= 15 is 0 Å². The Hall–Kier alpha value is -5.60. The fourth-order valence-corrected chi connectivity index (χ4v) is 7.75. The summed E-state index contributed by atoms with van der Waals surface area (Å²) in [5.41, 5.74) is 9.94. The van der Waals surface area contributed by atoms with Crippen LogP contribution in [0.25, 0.3) is 10.4 Å². The Balaban J connectivity index is 1.88. The number of esters is 7. The number of ether oxygens (including phenoxy) is 11. The van der Waals surface area contributed by atoms with Gasteiger partial charge in [-0.2, -0.15) is 0 Å². The van der Waals surface area contributed by atoms with Crippen LogP contribution in [-0.4, -0.2) is 129 Å². The van der Waals surface area contributed by atoms with Crippen molar-refractivity contribution in [1.82, 2.24) is 0 Å². The molecule has 0 radical (unpaired) electrons. The van der Waals surface area contributed by atoms with Gasteiger partial charge in [0.1, 0.15) is 31.0 Å². The molecule has 0 N–H and O–H groups in total. The summed E-state index contributed by atoms with van der Waals surface area (Å²) in [5, 5.41) is 3.90. The van der Waals surface area contributed by atoms with E-state index in [1.165, 1.54) is 44.9 Å². The summed E-state index contributed by atoms with van der Waals surface area (Å²) in [6.07, 6.45) is 1.97. The van der Waals surface area contributed by atoms with Crippen LogP contribution < -0.4 is 0 Å². The van der Waals surface area contributed by atoms with Crippen LogP contribution in [0, 0.1) is 0 Å². The van der Waals surface area contributed by atoms with E-state index in [2.05, 4.69) is 16.9 Å². The number of benzene rings is 1. The van der Waals surface area contributed by atoms with Crippen LogP contribution in [0.15, 0.2) is 47.6 Å². The fourth-order valence-electron chi connectivity index (χ4n) is 7.75. The Morgan fingerprint density at radius 1 is 0.681 bits per heavy atom. The van der Waals surface area contributed by atoms with Crippen molar-refractivity contribution < 1.29 is 85.7 Å². The van der Waals surface area contributed by atoms with Crippen LogP contribution in [0.2, 0.25) is 0 Å². The van der Waals surface area contributed by atoms with E-state index in [1.54, 1.807) is 36.4 Å². The highest BCUT2D eigenvalue weighted by Crippen LogP contribution is 2.34. The first kappa shape index (κ1) is 57.7. The number of hydrogen-bond donors (Lipinski definition) is 0. The Morgan fingerprint density at radius 2 is 1.20 bits per heavy atom.